The van der Waals surface area contributed by atoms with E-state index in [1.807, 2.05) is 17.2 Å². The van der Waals surface area contributed by atoms with Crippen LogP contribution in [0.3, 0.4) is 0 Å². The van der Waals surface area contributed by atoms with E-state index in [-0.39, 0.29) is 27.9 Å². The third-order valence-corrected chi connectivity index (χ3v) is 16.7. The molecule has 2 fully saturated rings. The van der Waals surface area contributed by atoms with Gasteiger partial charge < -0.3 is 22.6 Å². The Bertz CT molecular complexity index is 679. The highest BCUT2D eigenvalue weighted by Gasteiger charge is 2.61. The summed E-state index contributed by atoms with van der Waals surface area (Å²) < 4.78 is 26.9. The quantitative estimate of drug-likeness (QED) is 0.583. The molecule has 0 unspecified atom stereocenters. The van der Waals surface area contributed by atoms with Crippen LogP contribution >= 0.6 is 0 Å². The van der Waals surface area contributed by atoms with Gasteiger partial charge in [0.25, 0.3) is 0 Å². The van der Waals surface area contributed by atoms with Gasteiger partial charge in [-0.3, -0.25) is 9.79 Å². The van der Waals surface area contributed by atoms with E-state index in [1.54, 1.807) is 6.21 Å². The van der Waals surface area contributed by atoms with E-state index < -0.39 is 35.6 Å². The molecule has 3 heterocycles. The van der Waals surface area contributed by atoms with Crippen molar-refractivity contribution in [3.63, 3.8) is 0 Å². The normalized spacial score (nSPS) is 31.0. The second kappa shape index (κ2) is 8.95. The lowest BCUT2D eigenvalue weighted by molar-refractivity contribution is -0.132. The number of nitrogens with zero attached hydrogens (tertiary/aromatic N) is 2. The number of ketones is 1. The Hall–Kier alpha value is -0.846. The molecule has 0 aliphatic carbocycles. The van der Waals surface area contributed by atoms with E-state index in [1.165, 1.54) is 0 Å². The largest absolute Gasteiger partial charge is 0.414 e. The summed E-state index contributed by atoms with van der Waals surface area (Å²) in [4.78, 5) is 19.5. The fourth-order valence-electron chi connectivity index (χ4n) is 4.80. The van der Waals surface area contributed by atoms with Crippen molar-refractivity contribution in [3.05, 3.63) is 12.3 Å². The molecule has 170 valence electrons. The van der Waals surface area contributed by atoms with Crippen molar-refractivity contribution in [1.29, 1.82) is 0 Å². The van der Waals surface area contributed by atoms with Gasteiger partial charge in [-0.05, 0) is 28.2 Å². The maximum atomic E-state index is 13.4. The summed E-state index contributed by atoms with van der Waals surface area (Å²) in [6.45, 7) is 18.1. The lowest BCUT2D eigenvalue weighted by atomic mass is 10.1. The van der Waals surface area contributed by atoms with Gasteiger partial charge in [-0.2, -0.15) is 0 Å². The first kappa shape index (κ1) is 23.8. The Morgan fingerprint density at radius 3 is 2.10 bits per heavy atom. The van der Waals surface area contributed by atoms with Gasteiger partial charge in [-0.1, -0.05) is 55.4 Å². The summed E-state index contributed by atoms with van der Waals surface area (Å²) in [7, 11) is -5.45. The molecule has 30 heavy (non-hydrogen) atoms. The lowest BCUT2D eigenvalue weighted by Crippen LogP contribution is -2.65. The van der Waals surface area contributed by atoms with Crippen LogP contribution in [0.25, 0.3) is 0 Å². The SMILES string of the molecule is CC(C)[Si]1(C(C)C)OC[C@H]2O[C@@H](N3C=CC=NC3)C(=O)[C@@H]2O[Si](C(C)C)(C(C)C)O1. The van der Waals surface area contributed by atoms with Crippen molar-refractivity contribution in [2.45, 2.75) is 96.0 Å². The lowest BCUT2D eigenvalue weighted by Gasteiger charge is -2.50. The summed E-state index contributed by atoms with van der Waals surface area (Å²) in [6, 6.07) is 0. The summed E-state index contributed by atoms with van der Waals surface area (Å²) >= 11 is 0. The molecule has 0 aromatic heterocycles. The molecule has 0 spiro atoms. The van der Waals surface area contributed by atoms with Crippen LogP contribution in [0.2, 0.25) is 22.2 Å². The van der Waals surface area contributed by atoms with Crippen molar-refractivity contribution >= 4 is 29.1 Å². The third kappa shape index (κ3) is 4.00. The first-order valence-electron chi connectivity index (χ1n) is 11.2. The Morgan fingerprint density at radius 1 is 1.00 bits per heavy atom. The summed E-state index contributed by atoms with van der Waals surface area (Å²) in [5, 5.41) is 0. The Morgan fingerprint density at radius 2 is 1.60 bits per heavy atom. The number of ether oxygens (including phenoxy) is 1. The smallest absolute Gasteiger partial charge is 0.335 e. The highest BCUT2D eigenvalue weighted by Crippen LogP contribution is 2.47. The summed E-state index contributed by atoms with van der Waals surface area (Å²) in [5.41, 5.74) is 0.870. The molecule has 0 saturated carbocycles. The zero-order valence-corrected chi connectivity index (χ0v) is 21.6. The minimum Gasteiger partial charge on any atom is -0.414 e. The van der Waals surface area contributed by atoms with E-state index >= 15 is 0 Å². The Balaban J connectivity index is 2.01. The van der Waals surface area contributed by atoms with Gasteiger partial charge in [-0.15, -0.1) is 0 Å². The number of Topliss-reactive ketones (excluding diaryl/α,β-unsaturated/α-hetero) is 1. The van der Waals surface area contributed by atoms with Crippen LogP contribution in [0.4, 0.5) is 0 Å². The van der Waals surface area contributed by atoms with E-state index in [0.29, 0.717) is 13.3 Å². The molecule has 9 heteroatoms. The first-order chi connectivity index (χ1) is 14.0. The first-order valence-corrected chi connectivity index (χ1v) is 15.1. The van der Waals surface area contributed by atoms with E-state index in [0.717, 1.165) is 0 Å². The average Bonchev–Trinajstić information content (AvgIpc) is 2.96. The zero-order chi connectivity index (χ0) is 22.3. The fraction of sp³-hybridized carbons (Fsp3) is 0.810. The van der Waals surface area contributed by atoms with Crippen LogP contribution in [-0.4, -0.2) is 65.7 Å². The number of aliphatic imine (C=N–C) groups is 1. The van der Waals surface area contributed by atoms with Gasteiger partial charge in [0, 0.05) is 12.4 Å². The third-order valence-electron chi connectivity index (χ3n) is 6.50. The number of fused-ring (bicyclic) bond motifs is 1. The number of carbonyl (C=O) groups is 1. The average molecular weight is 455 g/mol. The molecule has 0 aromatic rings. The monoisotopic (exact) mass is 454 g/mol. The van der Waals surface area contributed by atoms with Gasteiger partial charge in [0.05, 0.1) is 6.61 Å². The molecule has 0 radical (unpaired) electrons. The van der Waals surface area contributed by atoms with E-state index in [4.69, 9.17) is 17.7 Å². The van der Waals surface area contributed by atoms with Crippen LogP contribution in [0.15, 0.2) is 17.3 Å². The molecule has 3 aliphatic rings. The van der Waals surface area contributed by atoms with E-state index in [9.17, 15) is 4.79 Å². The number of hydrogen-bond acceptors (Lipinski definition) is 7. The van der Waals surface area contributed by atoms with Crippen LogP contribution < -0.4 is 0 Å². The number of carbonyl (C=O) groups excluding carboxylic acids is 1. The second-order valence-electron chi connectivity index (χ2n) is 9.77. The highest BCUT2D eigenvalue weighted by molar-refractivity contribution is 6.84. The number of hydrogen-bond donors (Lipinski definition) is 0. The van der Waals surface area contributed by atoms with Gasteiger partial charge >= 0.3 is 17.1 Å². The maximum Gasteiger partial charge on any atom is 0.335 e. The minimum absolute atomic E-state index is 0.0598. The summed E-state index contributed by atoms with van der Waals surface area (Å²) in [6.07, 6.45) is 3.60. The van der Waals surface area contributed by atoms with Crippen LogP contribution in [0.1, 0.15) is 55.4 Å². The standard InChI is InChI=1S/C21H38N2O5Si2/c1-14(2)29(15(3)4)25-12-18-20(27-30(28-29,16(5)6)17(7)8)19(24)21(26-18)23-11-9-10-22-13-23/h9-11,14-18,20-21H,12-13H2,1-8H3/t18-,20-,21-/m1/s1. The van der Waals surface area contributed by atoms with Gasteiger partial charge in [0.1, 0.15) is 18.9 Å². The van der Waals surface area contributed by atoms with E-state index in [2.05, 4.69) is 60.4 Å². The van der Waals surface area contributed by atoms with Crippen LogP contribution in [0.5, 0.6) is 0 Å². The predicted molar refractivity (Wildman–Crippen MR) is 122 cm³/mol. The molecule has 3 atom stereocenters. The molecule has 0 aromatic carbocycles. The topological polar surface area (TPSA) is 69.6 Å². The van der Waals surface area contributed by atoms with Crippen molar-refractivity contribution in [3.8, 4) is 0 Å². The second-order valence-corrected chi connectivity index (χ2v) is 18.6. The highest BCUT2D eigenvalue weighted by atomic mass is 28.5. The molecule has 0 N–H and O–H groups in total. The molecule has 3 rings (SSSR count). The zero-order valence-electron chi connectivity index (χ0n) is 19.6. The molecule has 0 amide bonds. The molecule has 0 bridgehead atoms. The molecular weight excluding hydrogens is 416 g/mol. The number of allylic oxidation sites excluding steroid dienone is 1. The van der Waals surface area contributed by atoms with Crippen molar-refractivity contribution in [2.24, 2.45) is 4.99 Å². The van der Waals surface area contributed by atoms with Gasteiger partial charge in [0.15, 0.2) is 6.23 Å². The van der Waals surface area contributed by atoms with Crippen molar-refractivity contribution in [1.82, 2.24) is 4.90 Å². The molecule has 2 saturated heterocycles. The van der Waals surface area contributed by atoms with Gasteiger partial charge in [0.2, 0.25) is 5.78 Å². The Labute approximate surface area is 183 Å². The van der Waals surface area contributed by atoms with Crippen molar-refractivity contribution in [2.75, 3.05) is 13.3 Å². The van der Waals surface area contributed by atoms with Crippen molar-refractivity contribution < 1.29 is 22.5 Å². The predicted octanol–water partition coefficient (Wildman–Crippen LogP) is 4.09. The van der Waals surface area contributed by atoms with Gasteiger partial charge in [-0.25, -0.2) is 0 Å². The molecular formula is C21H38N2O5Si2. The Kier molecular flexibility index (Phi) is 7.10. The molecule has 3 aliphatic heterocycles. The summed E-state index contributed by atoms with van der Waals surface area (Å²) in [5.74, 6) is -0.0598. The van der Waals surface area contributed by atoms with Crippen LogP contribution in [-0.2, 0) is 22.5 Å². The fourth-order valence-corrected chi connectivity index (χ4v) is 16.0. The van der Waals surface area contributed by atoms with Crippen LogP contribution in [0, 0.1) is 0 Å². The number of rotatable bonds is 5. The molecule has 7 nitrogen and oxygen atoms in total. The maximum absolute atomic E-state index is 13.4. The minimum atomic E-state index is -2.82.